The van der Waals surface area contributed by atoms with Gasteiger partial charge in [-0.05, 0) is 542 Å². The maximum Gasteiger partial charge on any atom is 0.120 e. The lowest BCUT2D eigenvalue weighted by molar-refractivity contribution is 0.611. The van der Waals surface area contributed by atoms with Gasteiger partial charge in [-0.25, -0.2) is 29.9 Å². The van der Waals surface area contributed by atoms with Gasteiger partial charge in [0.05, 0.1) is 33.1 Å². The summed E-state index contributed by atoms with van der Waals surface area (Å²) in [7, 11) is 0. The lowest BCUT2D eigenvalue weighted by atomic mass is 9.58. The first-order valence-electron chi connectivity index (χ1n) is 49.0. The average Bonchev–Trinajstić information content (AvgIpc) is 1.40. The molecule has 12 bridgehead atoms. The maximum absolute atomic E-state index is 5.08. The second-order valence-corrected chi connectivity index (χ2v) is 41.7. The standard InChI is InChI=1S/C42H36.C33H30.C30H24N6.C26H22/c1-25-7-31-19-32(8-25)34-10-27(3)12-36(21-34)38-14-29(5)16-40(23-38)42-18-30(6)17-41(24-42)39-15-28(4)13-37(22-39)35-11-26(2)9-33(31)20-35;1-16-7-22-13-28-31(25(22)10-19(16)4)29-14-23-8-17(2)21(6)12-27(23)33(29)30-15-24-9-18(3)20(5)11-26(24)32(28)30;1-13-7-19-20(8-14(13)2)32-26-25(31-19)27-29(35-22-10-16(4)15(3)9-21(22)33-27)30-28(26)34-23-11-17(5)18(6)12-24(23)36-30;1-13-5-7-19-15(3)22-12-10-18-14(2)6-8-20-16(4)21-11-9-17(13)23(19)25(21)26(22)24(18)20/h7-24H,1-6H3;7-12H,13-15H2,1-6H3;7-12H,1-6H3;5-12,23,25H,1-4H3. The number of nitrogens with zero attached hydrogens (tertiary/aromatic N) is 6. The highest BCUT2D eigenvalue weighted by molar-refractivity contribution is 6.21. The number of hydrogen-bond donors (Lipinski definition) is 0. The zero-order valence-corrected chi connectivity index (χ0v) is 82.9. The fraction of sp³-hybridized carbons (Fsp3) is 0.206. The van der Waals surface area contributed by atoms with Crippen molar-refractivity contribution in [3.63, 3.8) is 0 Å². The third-order valence-corrected chi connectivity index (χ3v) is 32.0. The summed E-state index contributed by atoms with van der Waals surface area (Å²) in [5.74, 6) is 0.961. The molecule has 27 rings (SSSR count). The molecular formula is C131H112N6. The van der Waals surface area contributed by atoms with Crippen LogP contribution >= 0.6 is 0 Å². The van der Waals surface area contributed by atoms with Gasteiger partial charge in [0.2, 0.25) is 0 Å². The Morgan fingerprint density at radius 2 is 0.445 bits per heavy atom. The van der Waals surface area contributed by atoms with Crippen LogP contribution in [0.25, 0.3) is 186 Å². The summed E-state index contributed by atoms with van der Waals surface area (Å²) >= 11 is 0. The van der Waals surface area contributed by atoms with Gasteiger partial charge in [-0.3, -0.25) is 0 Å². The van der Waals surface area contributed by atoms with E-state index in [0.29, 0.717) is 44.9 Å². The van der Waals surface area contributed by atoms with E-state index in [1.807, 2.05) is 0 Å². The van der Waals surface area contributed by atoms with Crippen molar-refractivity contribution in [2.24, 2.45) is 5.92 Å². The van der Waals surface area contributed by atoms with Gasteiger partial charge in [0.1, 0.15) is 33.1 Å². The van der Waals surface area contributed by atoms with Gasteiger partial charge in [0.15, 0.2) is 0 Å². The van der Waals surface area contributed by atoms with E-state index in [0.717, 1.165) is 52.4 Å². The Labute approximate surface area is 802 Å². The number of hydrogen-bond acceptors (Lipinski definition) is 6. The first-order chi connectivity index (χ1) is 65.8. The Bertz CT molecular complexity index is 8170. The average molecular weight is 1770 g/mol. The largest absolute Gasteiger partial charge is 0.242 e. The molecule has 2 atom stereocenters. The topological polar surface area (TPSA) is 77.3 Å². The molecule has 3 heterocycles. The van der Waals surface area contributed by atoms with E-state index in [2.05, 4.69) is 383 Å². The molecule has 6 nitrogen and oxygen atoms in total. The lowest BCUT2D eigenvalue weighted by Crippen LogP contribution is -2.30. The molecule has 0 radical (unpaired) electrons. The normalized spacial score (nSPS) is 14.8. The summed E-state index contributed by atoms with van der Waals surface area (Å²) in [6, 6.07) is 78.7. The van der Waals surface area contributed by atoms with Crippen molar-refractivity contribution >= 4 is 153 Å². The van der Waals surface area contributed by atoms with Crippen molar-refractivity contribution in [3.8, 4) is 33.4 Å². The van der Waals surface area contributed by atoms with Crippen molar-refractivity contribution in [1.82, 2.24) is 29.9 Å². The van der Waals surface area contributed by atoms with Crippen molar-refractivity contribution in [3.05, 3.63) is 409 Å². The van der Waals surface area contributed by atoms with Gasteiger partial charge in [-0.2, -0.15) is 0 Å². The van der Waals surface area contributed by atoms with Gasteiger partial charge in [0.25, 0.3) is 0 Å². The number of aromatic nitrogens is 6. The smallest absolute Gasteiger partial charge is 0.120 e. The molecule has 137 heavy (non-hydrogen) atoms. The van der Waals surface area contributed by atoms with E-state index < -0.39 is 0 Å². The number of fused-ring (bicyclic) bond motifs is 39. The van der Waals surface area contributed by atoms with Crippen LogP contribution in [0.5, 0.6) is 0 Å². The fourth-order valence-electron chi connectivity index (χ4n) is 24.2. The minimum atomic E-state index is 0.474. The lowest BCUT2D eigenvalue weighted by Gasteiger charge is -2.45. The van der Waals surface area contributed by atoms with Crippen molar-refractivity contribution in [2.45, 2.75) is 178 Å². The highest BCUT2D eigenvalue weighted by Gasteiger charge is 2.45. The summed E-state index contributed by atoms with van der Waals surface area (Å²) in [4.78, 5) is 30.5. The molecule has 0 saturated heterocycles. The molecule has 0 saturated carbocycles. The number of aryl methyl sites for hydroxylation is 19. The van der Waals surface area contributed by atoms with Gasteiger partial charge < -0.3 is 0 Å². The molecular weight excluding hydrogens is 1660 g/mol. The molecule has 666 valence electrons. The van der Waals surface area contributed by atoms with Gasteiger partial charge in [-0.15, -0.1) is 0 Å². The van der Waals surface area contributed by atoms with Crippen molar-refractivity contribution < 1.29 is 0 Å². The molecule has 20 aromatic rings. The second kappa shape index (κ2) is 31.4. The van der Waals surface area contributed by atoms with E-state index in [4.69, 9.17) is 29.9 Å². The highest BCUT2D eigenvalue weighted by Crippen LogP contribution is 2.61. The van der Waals surface area contributed by atoms with Crippen LogP contribution in [0.1, 0.15) is 182 Å². The van der Waals surface area contributed by atoms with Crippen LogP contribution in [0.15, 0.2) is 253 Å². The van der Waals surface area contributed by atoms with Crippen LogP contribution in [0, 0.1) is 137 Å². The van der Waals surface area contributed by atoms with Crippen LogP contribution < -0.4 is 0 Å². The molecule has 3 aromatic heterocycles. The predicted molar refractivity (Wildman–Crippen MR) is 584 cm³/mol. The Balaban J connectivity index is 0.000000101. The molecule has 0 N–H and O–H groups in total. The van der Waals surface area contributed by atoms with Gasteiger partial charge in [0, 0.05) is 11.8 Å². The highest BCUT2D eigenvalue weighted by atomic mass is 14.9. The van der Waals surface area contributed by atoms with E-state index >= 15 is 0 Å². The van der Waals surface area contributed by atoms with Crippen LogP contribution in [0.2, 0.25) is 0 Å². The number of benzene rings is 16. The summed E-state index contributed by atoms with van der Waals surface area (Å²) in [6.07, 6.45) is 12.7. The predicted octanol–water partition coefficient (Wildman–Crippen LogP) is 34.1. The molecule has 7 aliphatic carbocycles. The summed E-state index contributed by atoms with van der Waals surface area (Å²) in [5.41, 5.74) is 65.7. The molecule has 0 aliphatic heterocycles. The number of rotatable bonds is 0. The fourth-order valence-corrected chi connectivity index (χ4v) is 24.2. The molecule has 2 unspecified atom stereocenters. The Morgan fingerprint density at radius 1 is 0.204 bits per heavy atom. The zero-order chi connectivity index (χ0) is 94.5. The minimum absolute atomic E-state index is 0.474. The molecule has 0 fully saturated rings. The molecule has 17 aromatic carbocycles. The number of allylic oxidation sites excluding steroid dienone is 10. The van der Waals surface area contributed by atoms with Crippen LogP contribution in [0.3, 0.4) is 0 Å². The first kappa shape index (κ1) is 85.2. The second-order valence-electron chi connectivity index (χ2n) is 41.7. The van der Waals surface area contributed by atoms with E-state index in [9.17, 15) is 0 Å². The SMILES string of the molecule is CC1=C2C=CC3=C(C)c4ccc(C)c5ccc6c(c45)C3C2C(=C6C)C=C1.Cc1cc2c(cc1C)-c1c(c3c(c4c1Cc1cc(C)c(C)cc1-4)Cc1cc(C)c(C)cc1-3)C2.Cc1cc2cc(c1)c1cc(C)cc(c1)c1cc(C)cc(c1)c1cc(C)cc(c1)c1cc(C)cc(c1)c1cc(C)cc2c1.Cc1cc2nc3c4nc5cc(C)c(C)cc5nc4c4nc5cc(C)c(C)cc5nc4c3nc2cc1C. The van der Waals surface area contributed by atoms with Crippen LogP contribution in [-0.4, -0.2) is 29.9 Å². The summed E-state index contributed by atoms with van der Waals surface area (Å²) in [5, 5.41) is 18.0. The van der Waals surface area contributed by atoms with E-state index in [-0.39, 0.29) is 0 Å². The van der Waals surface area contributed by atoms with E-state index in [1.54, 1.807) is 38.9 Å². The molecule has 0 spiro atoms. The van der Waals surface area contributed by atoms with E-state index in [1.165, 1.54) is 259 Å². The quantitative estimate of drug-likeness (QED) is 0.111. The molecule has 6 heteroatoms. The zero-order valence-electron chi connectivity index (χ0n) is 82.9. The summed E-state index contributed by atoms with van der Waals surface area (Å²) in [6.45, 7) is 48.6. The molecule has 0 amide bonds. The first-order valence-corrected chi connectivity index (χ1v) is 49.0. The third kappa shape index (κ3) is 13.8. The Morgan fingerprint density at radius 3 is 0.737 bits per heavy atom. The van der Waals surface area contributed by atoms with Gasteiger partial charge >= 0.3 is 0 Å². The van der Waals surface area contributed by atoms with Crippen LogP contribution in [-0.2, 0) is 19.3 Å². The summed E-state index contributed by atoms with van der Waals surface area (Å²) < 4.78 is 0. The Hall–Kier alpha value is -14.7. The minimum Gasteiger partial charge on any atom is -0.242 e. The third-order valence-electron chi connectivity index (χ3n) is 32.0. The van der Waals surface area contributed by atoms with Gasteiger partial charge in [-0.1, -0.05) is 158 Å². The van der Waals surface area contributed by atoms with Crippen molar-refractivity contribution in [1.29, 1.82) is 0 Å². The maximum atomic E-state index is 5.08. The monoisotopic (exact) mass is 1770 g/mol. The van der Waals surface area contributed by atoms with Crippen LogP contribution in [0.4, 0.5) is 0 Å². The molecule has 7 aliphatic rings. The van der Waals surface area contributed by atoms with Crippen molar-refractivity contribution in [2.75, 3.05) is 0 Å². The Kier molecular flexibility index (Phi) is 19.5.